The molecule has 0 spiro atoms. The van der Waals surface area contributed by atoms with Crippen LogP contribution >= 0.6 is 22.9 Å². The van der Waals surface area contributed by atoms with Gasteiger partial charge in [0.05, 0.1) is 18.0 Å². The average Bonchev–Trinajstić information content (AvgIpc) is 3.23. The smallest absolute Gasteiger partial charge is 0.267 e. The first-order valence-corrected chi connectivity index (χ1v) is 12.7. The Morgan fingerprint density at radius 3 is 2.50 bits per heavy atom. The average molecular weight is 514 g/mol. The molecule has 2 aromatic heterocycles. The SMILES string of the molecule is CCOc1ccc(-c2cc(-c3ccccc3)c3c(N)c(C(=O)Nc4cc(Cl)ccc4C)sc3n2)cc1. The lowest BCUT2D eigenvalue weighted by Crippen LogP contribution is -2.12. The zero-order valence-electron chi connectivity index (χ0n) is 19.8. The number of fused-ring (bicyclic) bond motifs is 1. The number of halogens is 1. The summed E-state index contributed by atoms with van der Waals surface area (Å²) in [4.78, 5) is 19.3. The number of hydrogen-bond acceptors (Lipinski definition) is 5. The summed E-state index contributed by atoms with van der Waals surface area (Å²) in [5.41, 5.74) is 12.3. The number of carbonyl (C=O) groups is 1. The fourth-order valence-corrected chi connectivity index (χ4v) is 5.27. The summed E-state index contributed by atoms with van der Waals surface area (Å²) in [6.07, 6.45) is 0. The quantitative estimate of drug-likeness (QED) is 0.242. The van der Waals surface area contributed by atoms with E-state index in [1.165, 1.54) is 11.3 Å². The molecule has 0 saturated carbocycles. The van der Waals surface area contributed by atoms with Crippen LogP contribution in [0.15, 0.2) is 78.9 Å². The molecule has 2 heterocycles. The molecule has 5 nitrogen and oxygen atoms in total. The van der Waals surface area contributed by atoms with E-state index >= 15 is 0 Å². The number of nitrogens with one attached hydrogen (secondary N) is 1. The number of hydrogen-bond donors (Lipinski definition) is 2. The van der Waals surface area contributed by atoms with E-state index in [9.17, 15) is 4.79 Å². The van der Waals surface area contributed by atoms with Crippen LogP contribution in [-0.2, 0) is 0 Å². The van der Waals surface area contributed by atoms with Gasteiger partial charge in [-0.3, -0.25) is 4.79 Å². The molecule has 0 aliphatic carbocycles. The lowest BCUT2D eigenvalue weighted by Gasteiger charge is -2.10. The van der Waals surface area contributed by atoms with Crippen LogP contribution in [0.5, 0.6) is 5.75 Å². The number of nitrogens with two attached hydrogens (primary N) is 1. The number of aryl methyl sites for hydroxylation is 1. The second-order valence-electron chi connectivity index (χ2n) is 8.32. The van der Waals surface area contributed by atoms with Crippen molar-refractivity contribution in [3.63, 3.8) is 0 Å². The fourth-order valence-electron chi connectivity index (χ4n) is 4.08. The third-order valence-corrected chi connectivity index (χ3v) is 7.23. The van der Waals surface area contributed by atoms with Gasteiger partial charge >= 0.3 is 0 Å². The monoisotopic (exact) mass is 513 g/mol. The molecule has 180 valence electrons. The lowest BCUT2D eigenvalue weighted by atomic mass is 9.99. The minimum atomic E-state index is -0.289. The number of rotatable bonds is 6. The summed E-state index contributed by atoms with van der Waals surface area (Å²) < 4.78 is 5.58. The molecule has 0 bridgehead atoms. The van der Waals surface area contributed by atoms with Gasteiger partial charge in [0.1, 0.15) is 15.5 Å². The number of carbonyl (C=O) groups excluding carboxylic acids is 1. The summed E-state index contributed by atoms with van der Waals surface area (Å²) in [6.45, 7) is 4.48. The van der Waals surface area contributed by atoms with Gasteiger partial charge in [-0.1, -0.05) is 48.0 Å². The van der Waals surface area contributed by atoms with Crippen LogP contribution in [0, 0.1) is 6.92 Å². The summed E-state index contributed by atoms with van der Waals surface area (Å²) in [7, 11) is 0. The fraction of sp³-hybridized carbons (Fsp3) is 0.103. The highest BCUT2D eigenvalue weighted by atomic mass is 35.5. The van der Waals surface area contributed by atoms with Crippen LogP contribution in [0.3, 0.4) is 0 Å². The van der Waals surface area contributed by atoms with Crippen molar-refractivity contribution in [2.45, 2.75) is 13.8 Å². The Kier molecular flexibility index (Phi) is 6.63. The Hall–Kier alpha value is -3.87. The van der Waals surface area contributed by atoms with Crippen LogP contribution in [0.1, 0.15) is 22.2 Å². The zero-order chi connectivity index (χ0) is 25.2. The van der Waals surface area contributed by atoms with Crippen LogP contribution in [0.25, 0.3) is 32.6 Å². The normalized spacial score (nSPS) is 11.0. The van der Waals surface area contributed by atoms with Crippen molar-refractivity contribution < 1.29 is 9.53 Å². The van der Waals surface area contributed by atoms with Gasteiger partial charge in [0.15, 0.2) is 0 Å². The third-order valence-electron chi connectivity index (χ3n) is 5.90. The van der Waals surface area contributed by atoms with E-state index in [0.29, 0.717) is 32.7 Å². The number of anilines is 2. The van der Waals surface area contributed by atoms with Crippen molar-refractivity contribution in [3.05, 3.63) is 94.3 Å². The van der Waals surface area contributed by atoms with Gasteiger partial charge in [-0.25, -0.2) is 4.98 Å². The first kappa shape index (κ1) is 23.9. The molecule has 5 rings (SSSR count). The van der Waals surface area contributed by atoms with Crippen molar-refractivity contribution >= 4 is 50.4 Å². The van der Waals surface area contributed by atoms with E-state index in [1.807, 2.05) is 80.6 Å². The van der Waals surface area contributed by atoms with E-state index in [1.54, 1.807) is 12.1 Å². The van der Waals surface area contributed by atoms with Gasteiger partial charge in [0.25, 0.3) is 5.91 Å². The summed E-state index contributed by atoms with van der Waals surface area (Å²) in [5.74, 6) is 0.517. The number of amides is 1. The van der Waals surface area contributed by atoms with Crippen LogP contribution in [0.4, 0.5) is 11.4 Å². The molecule has 0 atom stereocenters. The summed E-state index contributed by atoms with van der Waals surface area (Å²) in [5, 5.41) is 4.28. The van der Waals surface area contributed by atoms with E-state index in [0.717, 1.165) is 39.1 Å². The van der Waals surface area contributed by atoms with E-state index in [2.05, 4.69) is 5.32 Å². The maximum atomic E-state index is 13.3. The molecule has 1 amide bonds. The van der Waals surface area contributed by atoms with E-state index in [4.69, 9.17) is 27.1 Å². The second kappa shape index (κ2) is 10.0. The Bertz CT molecular complexity index is 1560. The van der Waals surface area contributed by atoms with E-state index < -0.39 is 0 Å². The van der Waals surface area contributed by atoms with Gasteiger partial charge in [0, 0.05) is 21.7 Å². The Morgan fingerprint density at radius 1 is 1.03 bits per heavy atom. The molecular weight excluding hydrogens is 490 g/mol. The molecule has 0 aliphatic heterocycles. The van der Waals surface area contributed by atoms with Crippen molar-refractivity contribution in [1.29, 1.82) is 0 Å². The predicted molar refractivity (Wildman–Crippen MR) is 150 cm³/mol. The summed E-state index contributed by atoms with van der Waals surface area (Å²) in [6, 6.07) is 25.2. The number of benzene rings is 3. The highest BCUT2D eigenvalue weighted by Crippen LogP contribution is 2.41. The van der Waals surface area contributed by atoms with Crippen molar-refractivity contribution in [1.82, 2.24) is 4.98 Å². The number of pyridine rings is 1. The molecule has 0 radical (unpaired) electrons. The number of thiophene rings is 1. The van der Waals surface area contributed by atoms with Crippen LogP contribution in [0.2, 0.25) is 5.02 Å². The van der Waals surface area contributed by atoms with Crippen molar-refractivity contribution in [2.75, 3.05) is 17.7 Å². The number of ether oxygens (including phenoxy) is 1. The highest BCUT2D eigenvalue weighted by Gasteiger charge is 2.22. The topological polar surface area (TPSA) is 77.2 Å². The largest absolute Gasteiger partial charge is 0.494 e. The maximum Gasteiger partial charge on any atom is 0.267 e. The molecule has 3 aromatic carbocycles. The van der Waals surface area contributed by atoms with Crippen LogP contribution < -0.4 is 15.8 Å². The van der Waals surface area contributed by atoms with Gasteiger partial charge in [-0.2, -0.15) is 0 Å². The van der Waals surface area contributed by atoms with Gasteiger partial charge in [-0.05, 0) is 73.0 Å². The molecule has 0 fully saturated rings. The maximum absolute atomic E-state index is 13.3. The van der Waals surface area contributed by atoms with E-state index in [-0.39, 0.29) is 5.91 Å². The molecule has 0 aliphatic rings. The van der Waals surface area contributed by atoms with Gasteiger partial charge in [0.2, 0.25) is 0 Å². The third kappa shape index (κ3) is 4.65. The Balaban J connectivity index is 1.63. The van der Waals surface area contributed by atoms with Gasteiger partial charge < -0.3 is 15.8 Å². The van der Waals surface area contributed by atoms with Crippen LogP contribution in [-0.4, -0.2) is 17.5 Å². The molecule has 0 saturated heterocycles. The first-order chi connectivity index (χ1) is 17.4. The Morgan fingerprint density at radius 2 is 1.78 bits per heavy atom. The standard InChI is InChI=1S/C29H24ClN3O2S/c1-3-35-21-13-10-19(11-14-21)24-16-22(18-7-5-4-6-8-18)25-26(31)27(36-29(25)33-24)28(34)32-23-15-20(30)12-9-17(23)2/h4-16H,3,31H2,1-2H3,(H,32,34). The van der Waals surface area contributed by atoms with Crippen molar-refractivity contribution in [2.24, 2.45) is 0 Å². The Labute approximate surface area is 218 Å². The minimum absolute atomic E-state index is 0.289. The number of nitrogens with zero attached hydrogens (tertiary/aromatic N) is 1. The highest BCUT2D eigenvalue weighted by molar-refractivity contribution is 7.21. The molecule has 0 unspecified atom stereocenters. The second-order valence-corrected chi connectivity index (χ2v) is 9.75. The molecule has 7 heteroatoms. The summed E-state index contributed by atoms with van der Waals surface area (Å²) >= 11 is 7.43. The predicted octanol–water partition coefficient (Wildman–Crippen LogP) is 7.83. The molecule has 3 N–H and O–H groups in total. The number of aromatic nitrogens is 1. The number of nitrogen functional groups attached to an aromatic ring is 1. The van der Waals surface area contributed by atoms with Crippen molar-refractivity contribution in [3.8, 4) is 28.1 Å². The minimum Gasteiger partial charge on any atom is -0.494 e. The lowest BCUT2D eigenvalue weighted by molar-refractivity contribution is 0.103. The zero-order valence-corrected chi connectivity index (χ0v) is 21.4. The first-order valence-electron chi connectivity index (χ1n) is 11.5. The molecule has 36 heavy (non-hydrogen) atoms. The van der Waals surface area contributed by atoms with Gasteiger partial charge in [-0.15, -0.1) is 11.3 Å². The molecular formula is C29H24ClN3O2S. The molecule has 5 aromatic rings.